The Labute approximate surface area is 273 Å². The van der Waals surface area contributed by atoms with E-state index in [2.05, 4.69) is 15.6 Å². The number of aromatic nitrogens is 1. The number of amides is 4. The zero-order valence-electron chi connectivity index (χ0n) is 27.7. The molecule has 2 heterocycles. The fourth-order valence-electron chi connectivity index (χ4n) is 6.13. The predicted molar refractivity (Wildman–Crippen MR) is 177 cm³/mol. The fraction of sp³-hybridized carbons (Fsp3) is 0.600. The summed E-state index contributed by atoms with van der Waals surface area (Å²) in [7, 11) is 1.75. The second-order valence-corrected chi connectivity index (χ2v) is 12.9. The number of pyridine rings is 1. The summed E-state index contributed by atoms with van der Waals surface area (Å²) < 4.78 is 12.7. The summed E-state index contributed by atoms with van der Waals surface area (Å²) in [6.07, 6.45) is 10.4. The number of hydrogen-bond donors (Lipinski definition) is 3. The molecule has 252 valence electrons. The molecule has 1 aliphatic heterocycles. The summed E-state index contributed by atoms with van der Waals surface area (Å²) in [5.41, 5.74) is 1.34. The van der Waals surface area contributed by atoms with Crippen LogP contribution in [-0.4, -0.2) is 95.4 Å². The summed E-state index contributed by atoms with van der Waals surface area (Å²) in [4.78, 5) is 47.6. The minimum atomic E-state index is -0.504. The van der Waals surface area contributed by atoms with Crippen molar-refractivity contribution < 1.29 is 29.0 Å². The highest BCUT2D eigenvalue weighted by atomic mass is 16.5. The number of benzene rings is 1. The van der Waals surface area contributed by atoms with Gasteiger partial charge in [-0.3, -0.25) is 14.6 Å². The smallest absolute Gasteiger partial charge is 0.319 e. The van der Waals surface area contributed by atoms with Gasteiger partial charge in [0.05, 0.1) is 30.4 Å². The quantitative estimate of drug-likeness (QED) is 0.385. The largest absolute Gasteiger partial charge is 0.490 e. The van der Waals surface area contributed by atoms with Gasteiger partial charge in [-0.15, -0.1) is 0 Å². The lowest BCUT2D eigenvalue weighted by Gasteiger charge is -2.36. The van der Waals surface area contributed by atoms with E-state index in [1.807, 2.05) is 13.8 Å². The van der Waals surface area contributed by atoms with Gasteiger partial charge in [-0.05, 0) is 76.3 Å². The SMILES string of the molecule is C[C@@H]1CCCCO[C@H](CN(C)C(=O)c2ccncc2)[C@@H](C)CN([C@@H](C)CO)C(=O)c2cc(NC(=O)NC3CCCCC3)ccc2O1. The molecule has 46 heavy (non-hydrogen) atoms. The maximum Gasteiger partial charge on any atom is 0.319 e. The Morgan fingerprint density at radius 3 is 2.50 bits per heavy atom. The van der Waals surface area contributed by atoms with Gasteiger partial charge in [-0.25, -0.2) is 4.79 Å². The number of nitrogens with one attached hydrogen (secondary N) is 2. The van der Waals surface area contributed by atoms with Crippen molar-refractivity contribution in [3.63, 3.8) is 0 Å². The standard InChI is InChI=1S/C35H51N5O6/c1-24-21-40(25(2)23-41)34(43)30-20-29(38-35(44)37-28-11-6-5-7-12-28)13-14-31(30)46-26(3)10-8-9-19-45-32(24)22-39(4)33(42)27-15-17-36-18-16-27/h13-18,20,24-26,28,32,41H,5-12,19,21-23H2,1-4H3,(H2,37,38,44)/t24-,25-,26+,32+/m0/s1. The van der Waals surface area contributed by atoms with Crippen molar-refractivity contribution in [3.8, 4) is 5.75 Å². The second-order valence-electron chi connectivity index (χ2n) is 12.9. The molecular formula is C35H51N5O6. The number of rotatable bonds is 7. The fourth-order valence-corrected chi connectivity index (χ4v) is 6.13. The minimum Gasteiger partial charge on any atom is -0.490 e. The number of ether oxygens (including phenoxy) is 2. The predicted octanol–water partition coefficient (Wildman–Crippen LogP) is 5.10. The number of anilines is 1. The number of fused-ring (bicyclic) bond motifs is 1. The molecule has 1 saturated carbocycles. The van der Waals surface area contributed by atoms with E-state index in [4.69, 9.17) is 9.47 Å². The first-order valence-corrected chi connectivity index (χ1v) is 16.7. The third-order valence-electron chi connectivity index (χ3n) is 8.98. The number of aliphatic hydroxyl groups excluding tert-OH is 1. The molecule has 0 unspecified atom stereocenters. The number of hydrogen-bond acceptors (Lipinski definition) is 7. The molecule has 11 nitrogen and oxygen atoms in total. The van der Waals surface area contributed by atoms with Gasteiger partial charge < -0.3 is 35.0 Å². The summed E-state index contributed by atoms with van der Waals surface area (Å²) >= 11 is 0. The number of carbonyl (C=O) groups is 3. The van der Waals surface area contributed by atoms with Crippen molar-refractivity contribution in [2.45, 2.75) is 96.4 Å². The average molecular weight is 638 g/mol. The van der Waals surface area contributed by atoms with Crippen molar-refractivity contribution in [1.82, 2.24) is 20.1 Å². The molecule has 0 saturated heterocycles. The molecule has 0 radical (unpaired) electrons. The molecule has 3 N–H and O–H groups in total. The number of nitrogens with zero attached hydrogens (tertiary/aromatic N) is 3. The maximum atomic E-state index is 14.3. The van der Waals surface area contributed by atoms with E-state index in [0.29, 0.717) is 35.7 Å². The Morgan fingerprint density at radius 1 is 1.07 bits per heavy atom. The van der Waals surface area contributed by atoms with E-state index >= 15 is 0 Å². The zero-order valence-corrected chi connectivity index (χ0v) is 27.7. The van der Waals surface area contributed by atoms with Gasteiger partial charge in [0.1, 0.15) is 5.75 Å². The van der Waals surface area contributed by atoms with Crippen LogP contribution < -0.4 is 15.4 Å². The molecule has 1 aromatic carbocycles. The molecule has 0 spiro atoms. The molecule has 11 heteroatoms. The highest BCUT2D eigenvalue weighted by Crippen LogP contribution is 2.29. The first kappa shape index (κ1) is 35.2. The van der Waals surface area contributed by atoms with Crippen LogP contribution >= 0.6 is 0 Å². The summed E-state index contributed by atoms with van der Waals surface area (Å²) in [5, 5.41) is 16.2. The number of aliphatic hydroxyl groups is 1. The molecule has 2 aliphatic rings. The van der Waals surface area contributed by atoms with Crippen molar-refractivity contribution in [3.05, 3.63) is 53.9 Å². The van der Waals surface area contributed by atoms with Crippen LogP contribution in [0.3, 0.4) is 0 Å². The average Bonchev–Trinajstić information content (AvgIpc) is 3.06. The van der Waals surface area contributed by atoms with Crippen molar-refractivity contribution >= 4 is 23.5 Å². The van der Waals surface area contributed by atoms with Gasteiger partial charge in [0, 0.05) is 62.3 Å². The molecular weight excluding hydrogens is 586 g/mol. The highest BCUT2D eigenvalue weighted by Gasteiger charge is 2.31. The van der Waals surface area contributed by atoms with Crippen LogP contribution in [0.4, 0.5) is 10.5 Å². The van der Waals surface area contributed by atoms with Crippen LogP contribution in [0.25, 0.3) is 0 Å². The van der Waals surface area contributed by atoms with Gasteiger partial charge in [0.2, 0.25) is 0 Å². The van der Waals surface area contributed by atoms with E-state index < -0.39 is 6.04 Å². The summed E-state index contributed by atoms with van der Waals surface area (Å²) in [6, 6.07) is 7.87. The number of urea groups is 1. The van der Waals surface area contributed by atoms with Gasteiger partial charge in [-0.1, -0.05) is 26.2 Å². The molecule has 1 fully saturated rings. The third kappa shape index (κ3) is 9.90. The summed E-state index contributed by atoms with van der Waals surface area (Å²) in [6.45, 7) is 6.65. The molecule has 0 bridgehead atoms. The van der Waals surface area contributed by atoms with E-state index in [1.165, 1.54) is 6.42 Å². The van der Waals surface area contributed by atoms with E-state index in [0.717, 1.165) is 44.9 Å². The lowest BCUT2D eigenvalue weighted by atomic mass is 9.96. The zero-order chi connectivity index (χ0) is 33.1. The Balaban J connectivity index is 1.58. The lowest BCUT2D eigenvalue weighted by molar-refractivity contribution is -0.0149. The highest BCUT2D eigenvalue weighted by molar-refractivity contribution is 5.99. The Hall–Kier alpha value is -3.70. The first-order chi connectivity index (χ1) is 22.2. The van der Waals surface area contributed by atoms with E-state index in [9.17, 15) is 19.5 Å². The van der Waals surface area contributed by atoms with Gasteiger partial charge >= 0.3 is 6.03 Å². The Kier molecular flexibility index (Phi) is 13.2. The minimum absolute atomic E-state index is 0.137. The Morgan fingerprint density at radius 2 is 1.78 bits per heavy atom. The van der Waals surface area contributed by atoms with Crippen LogP contribution in [0.2, 0.25) is 0 Å². The normalized spacial score (nSPS) is 22.5. The third-order valence-corrected chi connectivity index (χ3v) is 8.98. The van der Waals surface area contributed by atoms with Gasteiger partial charge in [-0.2, -0.15) is 0 Å². The van der Waals surface area contributed by atoms with Crippen LogP contribution in [0.15, 0.2) is 42.7 Å². The van der Waals surface area contributed by atoms with Gasteiger partial charge in [0.15, 0.2) is 0 Å². The van der Waals surface area contributed by atoms with E-state index in [1.54, 1.807) is 66.5 Å². The lowest BCUT2D eigenvalue weighted by Crippen LogP contribution is -2.48. The Bertz CT molecular complexity index is 1290. The number of carbonyl (C=O) groups excluding carboxylic acids is 3. The second kappa shape index (κ2) is 17.3. The van der Waals surface area contributed by atoms with E-state index in [-0.39, 0.29) is 55.2 Å². The summed E-state index contributed by atoms with van der Waals surface area (Å²) in [5.74, 6) is -0.198. The monoisotopic (exact) mass is 637 g/mol. The molecule has 1 aliphatic carbocycles. The van der Waals surface area contributed by atoms with Crippen molar-refractivity contribution in [1.29, 1.82) is 0 Å². The van der Waals surface area contributed by atoms with Crippen molar-refractivity contribution in [2.75, 3.05) is 38.7 Å². The molecule has 4 rings (SSSR count). The molecule has 2 aromatic rings. The van der Waals surface area contributed by atoms with Crippen LogP contribution in [0.5, 0.6) is 5.75 Å². The maximum absolute atomic E-state index is 14.3. The molecule has 4 atom stereocenters. The van der Waals surface area contributed by atoms with Crippen LogP contribution in [0, 0.1) is 5.92 Å². The van der Waals surface area contributed by atoms with Crippen LogP contribution in [0.1, 0.15) is 92.9 Å². The topological polar surface area (TPSA) is 133 Å². The molecule has 1 aromatic heterocycles. The number of likely N-dealkylation sites (N-methyl/N-ethyl adjacent to an activating group) is 1. The van der Waals surface area contributed by atoms with Crippen molar-refractivity contribution in [2.24, 2.45) is 5.92 Å². The first-order valence-electron chi connectivity index (χ1n) is 16.7. The van der Waals surface area contributed by atoms with Crippen LogP contribution in [-0.2, 0) is 4.74 Å². The van der Waals surface area contributed by atoms with Gasteiger partial charge in [0.25, 0.3) is 11.8 Å². The molecule has 4 amide bonds.